The molecule has 1 heterocycles. The van der Waals surface area contributed by atoms with Crippen LogP contribution in [0, 0.1) is 5.41 Å². The van der Waals surface area contributed by atoms with E-state index in [1.54, 1.807) is 0 Å². The molecule has 0 radical (unpaired) electrons. The minimum absolute atomic E-state index is 0.0150. The third-order valence-corrected chi connectivity index (χ3v) is 5.22. The standard InChI is InChI=1S/C25H31FN4O2/c1-25(2,3)22(27-14-20(26)15-28-24(31)32)23-29-21(19-12-8-5-9-13-19)17-30(23)16-18-10-6-4-7-11-18/h4-13,17,20,22,27-28H,14-16H2,1-3H3,(H,31,32)/t20?,22-/m0/s1. The van der Waals surface area contributed by atoms with Crippen LogP contribution in [0.1, 0.15) is 38.2 Å². The zero-order chi connectivity index (χ0) is 23.1. The van der Waals surface area contributed by atoms with Crippen molar-refractivity contribution >= 4 is 6.09 Å². The molecule has 7 heteroatoms. The van der Waals surface area contributed by atoms with E-state index in [9.17, 15) is 9.18 Å². The van der Waals surface area contributed by atoms with E-state index in [1.165, 1.54) is 0 Å². The van der Waals surface area contributed by atoms with Crippen LogP contribution in [0.25, 0.3) is 11.3 Å². The van der Waals surface area contributed by atoms with Crippen molar-refractivity contribution in [1.29, 1.82) is 0 Å². The number of amides is 1. The number of imidazole rings is 1. The molecule has 170 valence electrons. The van der Waals surface area contributed by atoms with Gasteiger partial charge in [-0.25, -0.2) is 14.2 Å². The molecule has 0 aliphatic heterocycles. The van der Waals surface area contributed by atoms with Crippen molar-refractivity contribution in [2.75, 3.05) is 13.1 Å². The fraction of sp³-hybridized carbons (Fsp3) is 0.360. The summed E-state index contributed by atoms with van der Waals surface area (Å²) >= 11 is 0. The van der Waals surface area contributed by atoms with Gasteiger partial charge in [0.15, 0.2) is 0 Å². The van der Waals surface area contributed by atoms with Gasteiger partial charge < -0.3 is 20.3 Å². The number of benzene rings is 2. The lowest BCUT2D eigenvalue weighted by Crippen LogP contribution is -2.41. The molecule has 2 atom stereocenters. The molecule has 0 aliphatic rings. The zero-order valence-electron chi connectivity index (χ0n) is 18.8. The highest BCUT2D eigenvalue weighted by molar-refractivity contribution is 5.64. The van der Waals surface area contributed by atoms with E-state index in [0.717, 1.165) is 22.6 Å². The van der Waals surface area contributed by atoms with E-state index < -0.39 is 12.3 Å². The van der Waals surface area contributed by atoms with Crippen molar-refractivity contribution in [1.82, 2.24) is 20.2 Å². The molecule has 2 aromatic carbocycles. The molecule has 1 amide bonds. The maximum atomic E-state index is 14.3. The smallest absolute Gasteiger partial charge is 0.404 e. The lowest BCUT2D eigenvalue weighted by Gasteiger charge is -2.32. The van der Waals surface area contributed by atoms with Crippen LogP contribution in [0.15, 0.2) is 66.9 Å². The second-order valence-corrected chi connectivity index (χ2v) is 8.95. The summed E-state index contributed by atoms with van der Waals surface area (Å²) < 4.78 is 16.4. The third kappa shape index (κ3) is 6.40. The Morgan fingerprint density at radius 3 is 2.28 bits per heavy atom. The molecule has 0 aliphatic carbocycles. The molecule has 32 heavy (non-hydrogen) atoms. The minimum Gasteiger partial charge on any atom is -0.465 e. The SMILES string of the molecule is CC(C)(C)[C@@H](NCC(F)CNC(=O)O)c1nc(-c2ccccc2)cn1Cc1ccccc1. The molecule has 3 rings (SSSR count). The highest BCUT2D eigenvalue weighted by Gasteiger charge is 2.31. The first kappa shape index (κ1) is 23.5. The summed E-state index contributed by atoms with van der Waals surface area (Å²) in [4.78, 5) is 15.6. The summed E-state index contributed by atoms with van der Waals surface area (Å²) in [5, 5.41) is 14.1. The molecule has 3 aromatic rings. The van der Waals surface area contributed by atoms with Gasteiger partial charge in [0, 0.05) is 24.8 Å². The Hall–Kier alpha value is -3.19. The number of halogens is 1. The number of aromatic nitrogens is 2. The quantitative estimate of drug-likeness (QED) is 0.445. The van der Waals surface area contributed by atoms with Gasteiger partial charge in [-0.15, -0.1) is 0 Å². The fourth-order valence-electron chi connectivity index (χ4n) is 3.62. The first-order chi connectivity index (χ1) is 15.2. The average molecular weight is 439 g/mol. The Morgan fingerprint density at radius 1 is 1.06 bits per heavy atom. The molecule has 1 aromatic heterocycles. The van der Waals surface area contributed by atoms with Gasteiger partial charge in [-0.05, 0) is 11.0 Å². The maximum absolute atomic E-state index is 14.3. The van der Waals surface area contributed by atoms with Crippen LogP contribution < -0.4 is 10.6 Å². The van der Waals surface area contributed by atoms with Gasteiger partial charge in [0.05, 0.1) is 18.3 Å². The van der Waals surface area contributed by atoms with Crippen molar-refractivity contribution in [3.63, 3.8) is 0 Å². The van der Waals surface area contributed by atoms with Gasteiger partial charge in [-0.3, -0.25) is 0 Å². The normalized spacial score (nSPS) is 13.5. The highest BCUT2D eigenvalue weighted by Crippen LogP contribution is 2.34. The monoisotopic (exact) mass is 438 g/mol. The second kappa shape index (κ2) is 10.4. The molecular formula is C25H31FN4O2. The van der Waals surface area contributed by atoms with Crippen LogP contribution in [-0.4, -0.2) is 40.0 Å². The Kier molecular flexibility index (Phi) is 7.64. The van der Waals surface area contributed by atoms with Gasteiger partial charge in [-0.1, -0.05) is 81.4 Å². The summed E-state index contributed by atoms with van der Waals surface area (Å²) in [6.45, 7) is 6.64. The first-order valence-electron chi connectivity index (χ1n) is 10.7. The second-order valence-electron chi connectivity index (χ2n) is 8.95. The number of hydrogen-bond donors (Lipinski definition) is 3. The molecule has 0 bridgehead atoms. The molecular weight excluding hydrogens is 407 g/mol. The lowest BCUT2D eigenvalue weighted by atomic mass is 9.86. The van der Waals surface area contributed by atoms with Gasteiger partial charge in [0.25, 0.3) is 0 Å². The van der Waals surface area contributed by atoms with Crippen molar-refractivity contribution in [3.05, 3.63) is 78.2 Å². The van der Waals surface area contributed by atoms with Crippen LogP contribution in [0.2, 0.25) is 0 Å². The number of nitrogens with zero attached hydrogens (tertiary/aromatic N) is 2. The zero-order valence-corrected chi connectivity index (χ0v) is 18.8. The van der Waals surface area contributed by atoms with Crippen molar-refractivity contribution in [2.45, 2.75) is 39.5 Å². The van der Waals surface area contributed by atoms with E-state index in [0.29, 0.717) is 6.54 Å². The Morgan fingerprint density at radius 2 is 1.69 bits per heavy atom. The molecule has 0 fully saturated rings. The summed E-state index contributed by atoms with van der Waals surface area (Å²) in [5.74, 6) is 0.818. The summed E-state index contributed by atoms with van der Waals surface area (Å²) in [6.07, 6.45) is -0.537. The first-order valence-corrected chi connectivity index (χ1v) is 10.7. The van der Waals surface area contributed by atoms with Crippen LogP contribution >= 0.6 is 0 Å². The van der Waals surface area contributed by atoms with E-state index in [-0.39, 0.29) is 24.5 Å². The van der Waals surface area contributed by atoms with Crippen LogP contribution in [0.3, 0.4) is 0 Å². The number of nitrogens with one attached hydrogen (secondary N) is 2. The largest absolute Gasteiger partial charge is 0.465 e. The van der Waals surface area contributed by atoms with E-state index in [4.69, 9.17) is 10.1 Å². The number of alkyl halides is 1. The van der Waals surface area contributed by atoms with E-state index in [1.807, 2.05) is 54.7 Å². The van der Waals surface area contributed by atoms with Gasteiger partial charge in [0.1, 0.15) is 12.0 Å². The number of carboxylic acid groups (broad SMARTS) is 1. The van der Waals surface area contributed by atoms with Gasteiger partial charge in [-0.2, -0.15) is 0 Å². The Labute approximate surface area is 188 Å². The topological polar surface area (TPSA) is 79.2 Å². The van der Waals surface area contributed by atoms with Crippen molar-refractivity contribution in [3.8, 4) is 11.3 Å². The molecule has 1 unspecified atom stereocenters. The summed E-state index contributed by atoms with van der Waals surface area (Å²) in [7, 11) is 0. The number of carbonyl (C=O) groups is 1. The van der Waals surface area contributed by atoms with Gasteiger partial charge in [0.2, 0.25) is 0 Å². The maximum Gasteiger partial charge on any atom is 0.404 e. The molecule has 0 saturated carbocycles. The molecule has 0 saturated heterocycles. The molecule has 3 N–H and O–H groups in total. The Balaban J connectivity index is 1.92. The van der Waals surface area contributed by atoms with Crippen LogP contribution in [0.4, 0.5) is 9.18 Å². The van der Waals surface area contributed by atoms with E-state index >= 15 is 0 Å². The predicted molar refractivity (Wildman–Crippen MR) is 124 cm³/mol. The van der Waals surface area contributed by atoms with Gasteiger partial charge >= 0.3 is 6.09 Å². The predicted octanol–water partition coefficient (Wildman–Crippen LogP) is 4.88. The number of rotatable bonds is 9. The van der Waals surface area contributed by atoms with Crippen LogP contribution in [0.5, 0.6) is 0 Å². The van der Waals surface area contributed by atoms with Crippen molar-refractivity contribution in [2.24, 2.45) is 5.41 Å². The minimum atomic E-state index is -1.35. The van der Waals surface area contributed by atoms with Crippen LogP contribution in [-0.2, 0) is 6.54 Å². The lowest BCUT2D eigenvalue weighted by molar-refractivity contribution is 0.185. The fourth-order valence-corrected chi connectivity index (χ4v) is 3.62. The average Bonchev–Trinajstić information content (AvgIpc) is 3.16. The molecule has 6 nitrogen and oxygen atoms in total. The highest BCUT2D eigenvalue weighted by atomic mass is 19.1. The van der Waals surface area contributed by atoms with E-state index in [2.05, 4.69) is 48.1 Å². The Bertz CT molecular complexity index is 1000. The summed E-state index contributed by atoms with van der Waals surface area (Å²) in [6, 6.07) is 19.9. The molecule has 0 spiro atoms. The van der Waals surface area contributed by atoms with Crippen molar-refractivity contribution < 1.29 is 14.3 Å². The summed E-state index contributed by atoms with van der Waals surface area (Å²) in [5.41, 5.74) is 2.76. The number of hydrogen-bond acceptors (Lipinski definition) is 3. The third-order valence-electron chi connectivity index (χ3n) is 5.22.